The first kappa shape index (κ1) is 14.1. The van der Waals surface area contributed by atoms with Gasteiger partial charge in [-0.2, -0.15) is 0 Å². The maximum absolute atomic E-state index is 5.80. The summed E-state index contributed by atoms with van der Waals surface area (Å²) in [5.41, 5.74) is 5.40. The first-order valence-electron chi connectivity index (χ1n) is 6.87. The van der Waals surface area contributed by atoms with E-state index in [4.69, 9.17) is 10.6 Å². The summed E-state index contributed by atoms with van der Waals surface area (Å²) in [6.45, 7) is 0. The molecule has 0 aliphatic carbocycles. The van der Waals surface area contributed by atoms with E-state index in [2.05, 4.69) is 47.2 Å². The molecule has 0 spiro atoms. The summed E-state index contributed by atoms with van der Waals surface area (Å²) in [5, 5.41) is 3.46. The lowest BCUT2D eigenvalue weighted by Crippen LogP contribution is -2.29. The Labute approximate surface area is 128 Å². The Morgan fingerprint density at radius 2 is 2.05 bits per heavy atom. The molecule has 4 heteroatoms. The Morgan fingerprint density at radius 1 is 1.19 bits per heavy atom. The molecule has 1 aromatic heterocycles. The van der Waals surface area contributed by atoms with E-state index in [0.29, 0.717) is 0 Å². The average Bonchev–Trinajstić information content (AvgIpc) is 2.97. The molecule has 1 atom stereocenters. The van der Waals surface area contributed by atoms with E-state index in [1.807, 2.05) is 12.1 Å². The number of thiophene rings is 1. The Morgan fingerprint density at radius 3 is 2.86 bits per heavy atom. The topological polar surface area (TPSA) is 47.3 Å². The Kier molecular flexibility index (Phi) is 4.20. The van der Waals surface area contributed by atoms with Crippen LogP contribution in [0.1, 0.15) is 17.2 Å². The van der Waals surface area contributed by atoms with Crippen molar-refractivity contribution in [2.24, 2.45) is 5.84 Å². The largest absolute Gasteiger partial charge is 0.497 e. The van der Waals surface area contributed by atoms with Gasteiger partial charge in [0.15, 0.2) is 0 Å². The highest BCUT2D eigenvalue weighted by atomic mass is 32.1. The zero-order valence-corrected chi connectivity index (χ0v) is 12.7. The second-order valence-corrected chi connectivity index (χ2v) is 5.87. The van der Waals surface area contributed by atoms with Gasteiger partial charge in [0, 0.05) is 4.70 Å². The minimum absolute atomic E-state index is 0.0910. The molecule has 1 heterocycles. The molecule has 2 aromatic carbocycles. The van der Waals surface area contributed by atoms with Crippen molar-refractivity contribution in [2.75, 3.05) is 7.11 Å². The van der Waals surface area contributed by atoms with Gasteiger partial charge in [0.05, 0.1) is 13.2 Å². The number of nitrogens with one attached hydrogen (secondary N) is 1. The van der Waals surface area contributed by atoms with Gasteiger partial charge in [0.25, 0.3) is 0 Å². The number of methoxy groups -OCH3 is 1. The molecule has 0 amide bonds. The van der Waals surface area contributed by atoms with Crippen molar-refractivity contribution in [3.05, 3.63) is 65.0 Å². The number of hydrogen-bond donors (Lipinski definition) is 2. The fourth-order valence-corrected chi connectivity index (χ4v) is 3.58. The maximum Gasteiger partial charge on any atom is 0.119 e. The number of hydrazine groups is 1. The number of nitrogens with two attached hydrogens (primary N) is 1. The number of rotatable bonds is 5. The molecule has 3 N–H and O–H groups in total. The van der Waals surface area contributed by atoms with Crippen molar-refractivity contribution in [3.8, 4) is 5.75 Å². The maximum atomic E-state index is 5.80. The molecule has 0 fully saturated rings. The minimum atomic E-state index is 0.0910. The fraction of sp³-hybridized carbons (Fsp3) is 0.176. The normalized spacial score (nSPS) is 12.5. The Hall–Kier alpha value is -1.88. The lowest BCUT2D eigenvalue weighted by atomic mass is 9.99. The predicted octanol–water partition coefficient (Wildman–Crippen LogP) is 3.66. The molecular formula is C17H18N2OS. The fourth-order valence-electron chi connectivity index (χ4n) is 2.56. The molecule has 0 aliphatic rings. The number of hydrogen-bond acceptors (Lipinski definition) is 4. The van der Waals surface area contributed by atoms with Crippen LogP contribution in [0.25, 0.3) is 10.1 Å². The molecular weight excluding hydrogens is 280 g/mol. The van der Waals surface area contributed by atoms with E-state index in [9.17, 15) is 0 Å². The van der Waals surface area contributed by atoms with E-state index in [1.54, 1.807) is 18.4 Å². The molecule has 1 unspecified atom stereocenters. The van der Waals surface area contributed by atoms with Crippen molar-refractivity contribution >= 4 is 21.4 Å². The number of benzene rings is 2. The smallest absolute Gasteiger partial charge is 0.119 e. The molecule has 3 nitrogen and oxygen atoms in total. The molecule has 108 valence electrons. The van der Waals surface area contributed by atoms with Crippen LogP contribution in [0.3, 0.4) is 0 Å². The van der Waals surface area contributed by atoms with Gasteiger partial charge in [0.2, 0.25) is 0 Å². The second kappa shape index (κ2) is 6.26. The van der Waals surface area contributed by atoms with Crippen molar-refractivity contribution in [2.45, 2.75) is 12.5 Å². The van der Waals surface area contributed by atoms with E-state index < -0.39 is 0 Å². The summed E-state index contributed by atoms with van der Waals surface area (Å²) in [5.74, 6) is 6.67. The summed E-state index contributed by atoms with van der Waals surface area (Å²) in [6, 6.07) is 16.6. The van der Waals surface area contributed by atoms with Gasteiger partial charge in [-0.15, -0.1) is 11.3 Å². The molecule has 0 saturated carbocycles. The van der Waals surface area contributed by atoms with Crippen molar-refractivity contribution in [3.63, 3.8) is 0 Å². The minimum Gasteiger partial charge on any atom is -0.497 e. The van der Waals surface area contributed by atoms with Crippen LogP contribution < -0.4 is 16.0 Å². The monoisotopic (exact) mass is 298 g/mol. The van der Waals surface area contributed by atoms with Crippen LogP contribution in [0, 0.1) is 0 Å². The van der Waals surface area contributed by atoms with Crippen LogP contribution in [0.5, 0.6) is 5.75 Å². The summed E-state index contributed by atoms with van der Waals surface area (Å²) < 4.78 is 6.57. The van der Waals surface area contributed by atoms with Crippen LogP contribution in [0.15, 0.2) is 53.9 Å². The van der Waals surface area contributed by atoms with Crippen LogP contribution in [0.4, 0.5) is 0 Å². The Balaban J connectivity index is 1.91. The van der Waals surface area contributed by atoms with Gasteiger partial charge >= 0.3 is 0 Å². The van der Waals surface area contributed by atoms with Gasteiger partial charge in [-0.25, -0.2) is 0 Å². The summed E-state index contributed by atoms with van der Waals surface area (Å²) in [7, 11) is 1.68. The highest BCUT2D eigenvalue weighted by Gasteiger charge is 2.15. The van der Waals surface area contributed by atoms with E-state index >= 15 is 0 Å². The molecule has 3 rings (SSSR count). The van der Waals surface area contributed by atoms with Crippen LogP contribution in [-0.4, -0.2) is 7.11 Å². The lowest BCUT2D eigenvalue weighted by Gasteiger charge is -2.16. The van der Waals surface area contributed by atoms with Gasteiger partial charge in [-0.05, 0) is 46.5 Å². The van der Waals surface area contributed by atoms with Crippen molar-refractivity contribution in [1.82, 2.24) is 5.43 Å². The van der Waals surface area contributed by atoms with Crippen LogP contribution in [-0.2, 0) is 6.42 Å². The molecule has 0 aliphatic heterocycles. The first-order valence-corrected chi connectivity index (χ1v) is 7.75. The van der Waals surface area contributed by atoms with E-state index in [1.165, 1.54) is 21.2 Å². The third-order valence-electron chi connectivity index (χ3n) is 3.66. The molecule has 0 radical (unpaired) electrons. The SMILES string of the molecule is COc1cccc(CC(NN)c2csc3ccccc23)c1. The molecule has 0 saturated heterocycles. The lowest BCUT2D eigenvalue weighted by molar-refractivity contribution is 0.414. The Bertz CT molecular complexity index is 738. The third-order valence-corrected chi connectivity index (χ3v) is 4.64. The van der Waals surface area contributed by atoms with Gasteiger partial charge < -0.3 is 4.74 Å². The van der Waals surface area contributed by atoms with E-state index in [-0.39, 0.29) is 6.04 Å². The molecule has 3 aromatic rings. The summed E-state index contributed by atoms with van der Waals surface area (Å²) in [4.78, 5) is 0. The highest BCUT2D eigenvalue weighted by molar-refractivity contribution is 7.17. The highest BCUT2D eigenvalue weighted by Crippen LogP contribution is 2.31. The second-order valence-electron chi connectivity index (χ2n) is 4.96. The third kappa shape index (κ3) is 2.93. The van der Waals surface area contributed by atoms with Gasteiger partial charge in [-0.1, -0.05) is 30.3 Å². The first-order chi connectivity index (χ1) is 10.3. The number of fused-ring (bicyclic) bond motifs is 1. The average molecular weight is 298 g/mol. The van der Waals surface area contributed by atoms with Crippen molar-refractivity contribution < 1.29 is 4.74 Å². The van der Waals surface area contributed by atoms with Gasteiger partial charge in [-0.3, -0.25) is 11.3 Å². The molecule has 0 bridgehead atoms. The quantitative estimate of drug-likeness (QED) is 0.558. The zero-order valence-electron chi connectivity index (χ0n) is 11.9. The predicted molar refractivity (Wildman–Crippen MR) is 88.6 cm³/mol. The van der Waals surface area contributed by atoms with Gasteiger partial charge in [0.1, 0.15) is 5.75 Å². The number of ether oxygens (including phenoxy) is 1. The van der Waals surface area contributed by atoms with Crippen LogP contribution >= 0.6 is 11.3 Å². The summed E-state index contributed by atoms with van der Waals surface area (Å²) >= 11 is 1.76. The van der Waals surface area contributed by atoms with Crippen LogP contribution in [0.2, 0.25) is 0 Å². The standard InChI is InChI=1S/C17H18N2OS/c1-20-13-6-4-5-12(9-13)10-16(19-18)15-11-21-17-8-3-2-7-14(15)17/h2-9,11,16,19H,10,18H2,1H3. The molecule has 21 heavy (non-hydrogen) atoms. The van der Waals surface area contributed by atoms with E-state index in [0.717, 1.165) is 12.2 Å². The van der Waals surface area contributed by atoms with Crippen molar-refractivity contribution in [1.29, 1.82) is 0 Å². The summed E-state index contributed by atoms with van der Waals surface area (Å²) in [6.07, 6.45) is 0.828. The zero-order chi connectivity index (χ0) is 14.7.